The minimum absolute atomic E-state index is 0.0312. The normalized spacial score (nSPS) is 26.2. The van der Waals surface area contributed by atoms with Crippen molar-refractivity contribution in [2.24, 2.45) is 0 Å². The van der Waals surface area contributed by atoms with E-state index in [0.717, 1.165) is 25.7 Å². The maximum atomic E-state index is 12.2. The van der Waals surface area contributed by atoms with Gasteiger partial charge >= 0.3 is 0 Å². The Morgan fingerprint density at radius 1 is 1.29 bits per heavy atom. The van der Waals surface area contributed by atoms with Crippen LogP contribution >= 0.6 is 0 Å². The van der Waals surface area contributed by atoms with Gasteiger partial charge in [0.25, 0.3) is 11.6 Å². The zero-order valence-corrected chi connectivity index (χ0v) is 13.2. The number of fused-ring (bicyclic) bond motifs is 1. The van der Waals surface area contributed by atoms with E-state index in [1.807, 2.05) is 5.32 Å². The van der Waals surface area contributed by atoms with E-state index >= 15 is 0 Å². The van der Waals surface area contributed by atoms with Crippen molar-refractivity contribution >= 4 is 23.2 Å². The number of quaternary nitrogens is 1. The van der Waals surface area contributed by atoms with Gasteiger partial charge < -0.3 is 16.0 Å². The molecule has 1 aromatic rings. The predicted molar refractivity (Wildman–Crippen MR) is 86.2 cm³/mol. The maximum Gasteiger partial charge on any atom is 0.279 e. The van der Waals surface area contributed by atoms with Crippen LogP contribution < -0.4 is 16.0 Å². The standard InChI is InChI=1S/C16H20N4O4/c21-15(17-10-5-7-11(8-6-10)20(23)24)9-14-16(22)19-13-4-2-1-3-12(13)18-14/h5-8,12-14,18H,1-4,9H2,(H,17,21)(H,19,22)/p+1/t12-,13+,14+/m1/s1. The summed E-state index contributed by atoms with van der Waals surface area (Å²) in [5.74, 6) is -0.355. The summed E-state index contributed by atoms with van der Waals surface area (Å²) >= 11 is 0. The summed E-state index contributed by atoms with van der Waals surface area (Å²) in [5.41, 5.74) is 0.452. The first kappa shape index (κ1) is 16.4. The van der Waals surface area contributed by atoms with E-state index in [1.54, 1.807) is 0 Å². The third-order valence-electron chi connectivity index (χ3n) is 4.73. The van der Waals surface area contributed by atoms with E-state index in [-0.39, 0.29) is 30.0 Å². The lowest BCUT2D eigenvalue weighted by Gasteiger charge is -2.37. The number of anilines is 1. The van der Waals surface area contributed by atoms with Crippen molar-refractivity contribution in [1.82, 2.24) is 5.32 Å². The predicted octanol–water partition coefficient (Wildman–Crippen LogP) is 0.296. The van der Waals surface area contributed by atoms with Crippen LogP contribution in [0.3, 0.4) is 0 Å². The second kappa shape index (κ2) is 6.96. The number of carbonyl (C=O) groups is 2. The molecule has 4 N–H and O–H groups in total. The Balaban J connectivity index is 1.56. The van der Waals surface area contributed by atoms with E-state index in [1.165, 1.54) is 24.3 Å². The van der Waals surface area contributed by atoms with Gasteiger partial charge in [0.1, 0.15) is 6.04 Å². The first-order chi connectivity index (χ1) is 11.5. The Morgan fingerprint density at radius 3 is 2.71 bits per heavy atom. The zero-order chi connectivity index (χ0) is 17.1. The molecule has 1 saturated heterocycles. The van der Waals surface area contributed by atoms with Gasteiger partial charge in [-0.3, -0.25) is 19.7 Å². The average Bonchev–Trinajstić information content (AvgIpc) is 2.56. The lowest BCUT2D eigenvalue weighted by Crippen LogP contribution is -3.03. The molecule has 24 heavy (non-hydrogen) atoms. The number of nitrogens with zero attached hydrogens (tertiary/aromatic N) is 1. The number of hydrogen-bond donors (Lipinski definition) is 3. The molecule has 3 rings (SSSR count). The molecule has 0 radical (unpaired) electrons. The molecule has 0 bridgehead atoms. The maximum absolute atomic E-state index is 12.2. The van der Waals surface area contributed by atoms with Crippen LogP contribution in [0.1, 0.15) is 32.1 Å². The summed E-state index contributed by atoms with van der Waals surface area (Å²) in [6, 6.07) is 5.80. The monoisotopic (exact) mass is 333 g/mol. The van der Waals surface area contributed by atoms with Crippen LogP contribution in [0.2, 0.25) is 0 Å². The van der Waals surface area contributed by atoms with Gasteiger partial charge in [0.2, 0.25) is 5.91 Å². The molecule has 0 spiro atoms. The molecule has 1 aromatic carbocycles. The van der Waals surface area contributed by atoms with Crippen LogP contribution in [0.25, 0.3) is 0 Å². The minimum atomic E-state index is -0.493. The highest BCUT2D eigenvalue weighted by Gasteiger charge is 2.40. The van der Waals surface area contributed by atoms with Crippen molar-refractivity contribution in [1.29, 1.82) is 0 Å². The summed E-state index contributed by atoms with van der Waals surface area (Å²) in [5, 5.41) is 18.4. The zero-order valence-electron chi connectivity index (χ0n) is 13.2. The number of nitro groups is 1. The summed E-state index contributed by atoms with van der Waals surface area (Å²) < 4.78 is 0. The molecule has 2 fully saturated rings. The van der Waals surface area contributed by atoms with Crippen LogP contribution in [0.5, 0.6) is 0 Å². The van der Waals surface area contributed by atoms with E-state index in [9.17, 15) is 19.7 Å². The first-order valence-electron chi connectivity index (χ1n) is 8.22. The molecule has 0 aromatic heterocycles. The summed E-state index contributed by atoms with van der Waals surface area (Å²) in [4.78, 5) is 34.4. The number of nitrogens with two attached hydrogens (primary N) is 1. The fourth-order valence-electron chi connectivity index (χ4n) is 3.48. The molecule has 1 aliphatic carbocycles. The minimum Gasteiger partial charge on any atom is -0.342 e. The third kappa shape index (κ3) is 3.70. The van der Waals surface area contributed by atoms with Gasteiger partial charge in [-0.1, -0.05) is 6.42 Å². The molecule has 2 amide bonds. The highest BCUT2D eigenvalue weighted by Crippen LogP contribution is 2.19. The summed E-state index contributed by atoms with van der Waals surface area (Å²) in [6.45, 7) is 0. The van der Waals surface area contributed by atoms with Crippen LogP contribution in [-0.2, 0) is 9.59 Å². The Labute approximate surface area is 139 Å². The summed E-state index contributed by atoms with van der Waals surface area (Å²) in [7, 11) is 0. The highest BCUT2D eigenvalue weighted by atomic mass is 16.6. The molecular weight excluding hydrogens is 312 g/mol. The van der Waals surface area contributed by atoms with Crippen LogP contribution in [0.15, 0.2) is 24.3 Å². The second-order valence-corrected chi connectivity index (χ2v) is 6.42. The molecule has 1 aliphatic heterocycles. The van der Waals surface area contributed by atoms with Gasteiger partial charge in [-0.2, -0.15) is 0 Å². The Kier molecular flexibility index (Phi) is 4.75. The van der Waals surface area contributed by atoms with Crippen molar-refractivity contribution < 1.29 is 19.8 Å². The van der Waals surface area contributed by atoms with Crippen molar-refractivity contribution in [3.63, 3.8) is 0 Å². The average molecular weight is 333 g/mol. The summed E-state index contributed by atoms with van der Waals surface area (Å²) in [6.07, 6.45) is 4.46. The van der Waals surface area contributed by atoms with E-state index < -0.39 is 11.0 Å². The number of piperazine rings is 1. The van der Waals surface area contributed by atoms with E-state index in [0.29, 0.717) is 11.7 Å². The molecule has 8 nitrogen and oxygen atoms in total. The number of hydrogen-bond acceptors (Lipinski definition) is 4. The number of nitro benzene ring substituents is 1. The van der Waals surface area contributed by atoms with Gasteiger partial charge in [-0.15, -0.1) is 0 Å². The molecule has 1 saturated carbocycles. The van der Waals surface area contributed by atoms with Crippen LogP contribution in [-0.4, -0.2) is 34.9 Å². The molecule has 8 heteroatoms. The smallest absolute Gasteiger partial charge is 0.279 e. The van der Waals surface area contributed by atoms with Crippen LogP contribution in [0.4, 0.5) is 11.4 Å². The lowest BCUT2D eigenvalue weighted by molar-refractivity contribution is -0.718. The molecule has 2 aliphatic rings. The Hall–Kier alpha value is -2.48. The van der Waals surface area contributed by atoms with Gasteiger partial charge in [-0.05, 0) is 25.0 Å². The van der Waals surface area contributed by atoms with E-state index in [2.05, 4.69) is 10.6 Å². The number of rotatable bonds is 4. The number of benzene rings is 1. The molecule has 0 unspecified atom stereocenters. The number of amides is 2. The second-order valence-electron chi connectivity index (χ2n) is 6.42. The quantitative estimate of drug-likeness (QED) is 0.542. The third-order valence-corrected chi connectivity index (χ3v) is 4.73. The number of carbonyl (C=O) groups excluding carboxylic acids is 2. The van der Waals surface area contributed by atoms with E-state index in [4.69, 9.17) is 0 Å². The van der Waals surface area contributed by atoms with Crippen LogP contribution in [0, 0.1) is 10.1 Å². The van der Waals surface area contributed by atoms with Gasteiger partial charge in [-0.25, -0.2) is 0 Å². The largest absolute Gasteiger partial charge is 0.342 e. The molecule has 128 valence electrons. The Bertz CT molecular complexity index is 646. The first-order valence-corrected chi connectivity index (χ1v) is 8.22. The Morgan fingerprint density at radius 2 is 2.00 bits per heavy atom. The topological polar surface area (TPSA) is 118 Å². The fraction of sp³-hybridized carbons (Fsp3) is 0.500. The van der Waals surface area contributed by atoms with Gasteiger partial charge in [0, 0.05) is 24.2 Å². The van der Waals surface area contributed by atoms with Gasteiger partial charge in [0.15, 0.2) is 6.04 Å². The van der Waals surface area contributed by atoms with Crippen molar-refractivity contribution in [3.8, 4) is 0 Å². The molecule has 3 atom stereocenters. The lowest BCUT2D eigenvalue weighted by atomic mass is 9.87. The van der Waals surface area contributed by atoms with Crippen molar-refractivity contribution in [3.05, 3.63) is 34.4 Å². The number of non-ortho nitro benzene ring substituents is 1. The SMILES string of the molecule is O=C(C[C@@H]1[NH2+][C@@H]2CCCC[C@@H]2NC1=O)Nc1ccc([N+](=O)[O-])cc1. The highest BCUT2D eigenvalue weighted by molar-refractivity contribution is 5.95. The fourth-order valence-corrected chi connectivity index (χ4v) is 3.48. The van der Waals surface area contributed by atoms with Crippen molar-refractivity contribution in [2.75, 3.05) is 5.32 Å². The van der Waals surface area contributed by atoms with Gasteiger partial charge in [0.05, 0.1) is 17.4 Å². The molecule has 1 heterocycles. The molecular formula is C16H21N4O4+. The number of nitrogens with one attached hydrogen (secondary N) is 2. The van der Waals surface area contributed by atoms with Crippen molar-refractivity contribution in [2.45, 2.75) is 50.2 Å².